The van der Waals surface area contributed by atoms with Crippen molar-refractivity contribution in [2.75, 3.05) is 21.3 Å². The Morgan fingerprint density at radius 3 is 2.12 bits per heavy atom. The maximum atomic E-state index is 12.4. The van der Waals surface area contributed by atoms with Crippen LogP contribution in [0.15, 0.2) is 45.8 Å². The number of sulfonamides is 1. The summed E-state index contributed by atoms with van der Waals surface area (Å²) in [5.41, 5.74) is 0.754. The summed E-state index contributed by atoms with van der Waals surface area (Å²) in [6, 6.07) is 9.80. The van der Waals surface area contributed by atoms with Crippen LogP contribution in [-0.2, 0) is 16.6 Å². The third-order valence-corrected chi connectivity index (χ3v) is 5.37. The van der Waals surface area contributed by atoms with E-state index >= 15 is 0 Å². The van der Waals surface area contributed by atoms with Crippen LogP contribution in [0.3, 0.4) is 0 Å². The summed E-state index contributed by atoms with van der Waals surface area (Å²) in [5.74, 6) is 1.69. The molecule has 0 aliphatic carbocycles. The van der Waals surface area contributed by atoms with Gasteiger partial charge in [0.05, 0.1) is 30.7 Å². The Labute approximate surface area is 149 Å². The van der Waals surface area contributed by atoms with Crippen molar-refractivity contribution in [2.24, 2.45) is 0 Å². The van der Waals surface area contributed by atoms with Crippen molar-refractivity contribution in [3.63, 3.8) is 0 Å². The normalized spacial score (nSPS) is 11.2. The molecule has 0 atom stereocenters. The lowest BCUT2D eigenvalue weighted by Gasteiger charge is -2.11. The fourth-order valence-electron chi connectivity index (χ4n) is 2.07. The van der Waals surface area contributed by atoms with Gasteiger partial charge in [-0.05, 0) is 51.8 Å². The first-order chi connectivity index (χ1) is 11.4. The van der Waals surface area contributed by atoms with Crippen molar-refractivity contribution in [1.29, 1.82) is 0 Å². The Bertz CT molecular complexity index is 823. The van der Waals surface area contributed by atoms with Gasteiger partial charge in [-0.2, -0.15) is 0 Å². The van der Waals surface area contributed by atoms with Crippen LogP contribution >= 0.6 is 15.9 Å². The van der Waals surface area contributed by atoms with Crippen LogP contribution in [0.2, 0.25) is 0 Å². The first kappa shape index (κ1) is 18.6. The summed E-state index contributed by atoms with van der Waals surface area (Å²) >= 11 is 3.28. The highest BCUT2D eigenvalue weighted by Gasteiger charge is 2.16. The topological polar surface area (TPSA) is 73.9 Å². The molecule has 2 aromatic rings. The molecule has 24 heavy (non-hydrogen) atoms. The number of ether oxygens (including phenoxy) is 3. The van der Waals surface area contributed by atoms with Gasteiger partial charge in [-0.15, -0.1) is 0 Å². The molecule has 0 saturated carbocycles. The summed E-state index contributed by atoms with van der Waals surface area (Å²) in [6.45, 7) is 0.131. The highest BCUT2D eigenvalue weighted by atomic mass is 79.9. The van der Waals surface area contributed by atoms with E-state index in [9.17, 15) is 8.42 Å². The Hall–Kier alpha value is -1.77. The molecule has 0 amide bonds. The van der Waals surface area contributed by atoms with Crippen molar-refractivity contribution >= 4 is 26.0 Å². The van der Waals surface area contributed by atoms with Gasteiger partial charge in [0.1, 0.15) is 5.75 Å². The molecule has 8 heteroatoms. The van der Waals surface area contributed by atoms with Crippen LogP contribution in [0.5, 0.6) is 17.2 Å². The lowest BCUT2D eigenvalue weighted by Crippen LogP contribution is -2.23. The molecule has 0 spiro atoms. The molecule has 0 fully saturated rings. The van der Waals surface area contributed by atoms with E-state index in [0.29, 0.717) is 21.7 Å². The number of hydrogen-bond acceptors (Lipinski definition) is 5. The third kappa shape index (κ3) is 4.19. The quantitative estimate of drug-likeness (QED) is 0.752. The van der Waals surface area contributed by atoms with Crippen LogP contribution in [0, 0.1) is 0 Å². The zero-order valence-electron chi connectivity index (χ0n) is 13.5. The van der Waals surface area contributed by atoms with Crippen molar-refractivity contribution in [2.45, 2.75) is 11.4 Å². The number of benzene rings is 2. The van der Waals surface area contributed by atoms with E-state index in [0.717, 1.165) is 5.56 Å². The summed E-state index contributed by atoms with van der Waals surface area (Å²) in [7, 11) is 0.940. The molecule has 0 bridgehead atoms. The number of hydrogen-bond donors (Lipinski definition) is 1. The molecule has 1 N–H and O–H groups in total. The Balaban J connectivity index is 2.17. The van der Waals surface area contributed by atoms with E-state index in [1.807, 2.05) is 0 Å². The van der Waals surface area contributed by atoms with Crippen LogP contribution in [0.4, 0.5) is 0 Å². The molecular weight excluding hydrogens is 398 g/mol. The zero-order valence-corrected chi connectivity index (χ0v) is 15.9. The van der Waals surface area contributed by atoms with Gasteiger partial charge in [-0.3, -0.25) is 0 Å². The summed E-state index contributed by atoms with van der Waals surface area (Å²) < 4.78 is 43.4. The highest BCUT2D eigenvalue weighted by Crippen LogP contribution is 2.29. The van der Waals surface area contributed by atoms with E-state index in [4.69, 9.17) is 14.2 Å². The predicted molar refractivity (Wildman–Crippen MR) is 94.3 cm³/mol. The maximum Gasteiger partial charge on any atom is 0.240 e. The predicted octanol–water partition coefficient (Wildman–Crippen LogP) is 2.95. The van der Waals surface area contributed by atoms with Gasteiger partial charge in [0.2, 0.25) is 10.0 Å². The molecule has 2 aromatic carbocycles. The minimum Gasteiger partial charge on any atom is -0.496 e. The molecule has 0 aliphatic heterocycles. The Morgan fingerprint density at radius 2 is 1.54 bits per heavy atom. The van der Waals surface area contributed by atoms with E-state index in [1.165, 1.54) is 26.4 Å². The average Bonchev–Trinajstić information content (AvgIpc) is 2.59. The maximum absolute atomic E-state index is 12.4. The van der Waals surface area contributed by atoms with Crippen molar-refractivity contribution < 1.29 is 22.6 Å². The van der Waals surface area contributed by atoms with Crippen LogP contribution in [0.1, 0.15) is 5.56 Å². The zero-order chi connectivity index (χ0) is 17.7. The number of methoxy groups -OCH3 is 3. The Kier molecular flexibility index (Phi) is 6.09. The van der Waals surface area contributed by atoms with Crippen LogP contribution in [0.25, 0.3) is 0 Å². The first-order valence-electron chi connectivity index (χ1n) is 6.95. The summed E-state index contributed by atoms with van der Waals surface area (Å²) in [5, 5.41) is 0. The van der Waals surface area contributed by atoms with E-state index < -0.39 is 10.0 Å². The fraction of sp³-hybridized carbons (Fsp3) is 0.250. The molecule has 6 nitrogen and oxygen atoms in total. The van der Waals surface area contributed by atoms with Crippen molar-refractivity contribution in [1.82, 2.24) is 4.72 Å². The second-order valence-electron chi connectivity index (χ2n) is 4.81. The van der Waals surface area contributed by atoms with Crippen molar-refractivity contribution in [3.8, 4) is 17.2 Å². The molecule has 2 rings (SSSR count). The van der Waals surface area contributed by atoms with Gasteiger partial charge in [-0.1, -0.05) is 6.07 Å². The standard InChI is InChI=1S/C16H18BrNO5S/c1-21-14-7-5-12(9-13(14)17)24(19,20)18-10-11-4-6-15(22-2)16(8-11)23-3/h4-9,18H,10H2,1-3H3. The number of halogens is 1. The van der Waals surface area contributed by atoms with Gasteiger partial charge < -0.3 is 14.2 Å². The highest BCUT2D eigenvalue weighted by molar-refractivity contribution is 9.10. The van der Waals surface area contributed by atoms with Gasteiger partial charge in [0.15, 0.2) is 11.5 Å². The van der Waals surface area contributed by atoms with Gasteiger partial charge in [0.25, 0.3) is 0 Å². The van der Waals surface area contributed by atoms with E-state index in [-0.39, 0.29) is 11.4 Å². The molecular formula is C16H18BrNO5S. The van der Waals surface area contributed by atoms with Crippen LogP contribution < -0.4 is 18.9 Å². The molecule has 0 saturated heterocycles. The molecule has 0 aliphatic rings. The van der Waals surface area contributed by atoms with E-state index in [2.05, 4.69) is 20.7 Å². The summed E-state index contributed by atoms with van der Waals surface area (Å²) in [4.78, 5) is 0.149. The summed E-state index contributed by atoms with van der Waals surface area (Å²) in [6.07, 6.45) is 0. The lowest BCUT2D eigenvalue weighted by atomic mass is 10.2. The second-order valence-corrected chi connectivity index (χ2v) is 7.43. The van der Waals surface area contributed by atoms with Crippen LogP contribution in [-0.4, -0.2) is 29.7 Å². The third-order valence-electron chi connectivity index (χ3n) is 3.35. The molecule has 130 valence electrons. The molecule has 0 heterocycles. The number of rotatable bonds is 7. The average molecular weight is 416 g/mol. The SMILES string of the molecule is COc1ccc(S(=O)(=O)NCc2ccc(OC)c(OC)c2)cc1Br. The molecule has 0 radical (unpaired) electrons. The fourth-order valence-corrected chi connectivity index (χ4v) is 3.80. The second kappa shape index (κ2) is 7.87. The lowest BCUT2D eigenvalue weighted by molar-refractivity contribution is 0.354. The van der Waals surface area contributed by atoms with Gasteiger partial charge in [-0.25, -0.2) is 13.1 Å². The first-order valence-corrected chi connectivity index (χ1v) is 9.23. The van der Waals surface area contributed by atoms with E-state index in [1.54, 1.807) is 31.4 Å². The largest absolute Gasteiger partial charge is 0.496 e. The molecule has 0 unspecified atom stereocenters. The van der Waals surface area contributed by atoms with Gasteiger partial charge in [0, 0.05) is 6.54 Å². The number of nitrogens with one attached hydrogen (secondary N) is 1. The van der Waals surface area contributed by atoms with Gasteiger partial charge >= 0.3 is 0 Å². The minimum absolute atomic E-state index is 0.131. The minimum atomic E-state index is -3.65. The monoisotopic (exact) mass is 415 g/mol. The molecule has 0 aromatic heterocycles. The Morgan fingerprint density at radius 1 is 0.917 bits per heavy atom. The van der Waals surface area contributed by atoms with Crippen molar-refractivity contribution in [3.05, 3.63) is 46.4 Å². The smallest absolute Gasteiger partial charge is 0.240 e.